The summed E-state index contributed by atoms with van der Waals surface area (Å²) in [5, 5.41) is 0. The Hall–Kier alpha value is -1.75. The van der Waals surface area contributed by atoms with Gasteiger partial charge in [-0.05, 0) is 36.7 Å². The third-order valence-corrected chi connectivity index (χ3v) is 4.65. The highest BCUT2D eigenvalue weighted by Gasteiger charge is 2.18. The number of benzene rings is 1. The second-order valence-corrected chi connectivity index (χ2v) is 6.63. The highest BCUT2D eigenvalue weighted by atomic mass is 16.5. The molecule has 1 atom stereocenters. The molecule has 2 aromatic rings. The molecule has 0 amide bonds. The lowest BCUT2D eigenvalue weighted by Gasteiger charge is -2.34. The molecule has 1 saturated heterocycles. The molecule has 4 heteroatoms. The van der Waals surface area contributed by atoms with Crippen LogP contribution in [0.1, 0.15) is 12.5 Å². The number of hydrogen-bond donors (Lipinski definition) is 0. The Morgan fingerprint density at radius 1 is 1.12 bits per heavy atom. The van der Waals surface area contributed by atoms with Crippen molar-refractivity contribution in [1.29, 1.82) is 0 Å². The molecule has 2 heterocycles. The van der Waals surface area contributed by atoms with Crippen LogP contribution in [-0.4, -0.2) is 60.7 Å². The van der Waals surface area contributed by atoms with Crippen LogP contribution < -0.4 is 0 Å². The molecule has 3 rings (SSSR count). The van der Waals surface area contributed by atoms with Crippen molar-refractivity contribution in [2.24, 2.45) is 0 Å². The Labute approximate surface area is 145 Å². The third-order valence-electron chi connectivity index (χ3n) is 4.65. The van der Waals surface area contributed by atoms with Crippen LogP contribution in [0.5, 0.6) is 0 Å². The van der Waals surface area contributed by atoms with Crippen molar-refractivity contribution in [1.82, 2.24) is 14.8 Å². The van der Waals surface area contributed by atoms with Crippen molar-refractivity contribution < 1.29 is 4.74 Å². The van der Waals surface area contributed by atoms with E-state index in [0.717, 1.165) is 39.4 Å². The van der Waals surface area contributed by atoms with Crippen molar-refractivity contribution in [3.63, 3.8) is 0 Å². The van der Waals surface area contributed by atoms with Gasteiger partial charge >= 0.3 is 0 Å². The van der Waals surface area contributed by atoms with Crippen LogP contribution in [0, 0.1) is 0 Å². The zero-order valence-corrected chi connectivity index (χ0v) is 14.7. The fourth-order valence-corrected chi connectivity index (χ4v) is 3.30. The summed E-state index contributed by atoms with van der Waals surface area (Å²) in [7, 11) is 2.20. The SMILES string of the molecule is CC(CN(C)Cc1ccc(-c2cccnc2)cc1)N1CCOCC1. The van der Waals surface area contributed by atoms with Crippen molar-refractivity contribution in [2.75, 3.05) is 39.9 Å². The molecular weight excluding hydrogens is 298 g/mol. The van der Waals surface area contributed by atoms with Crippen LogP contribution in [-0.2, 0) is 11.3 Å². The van der Waals surface area contributed by atoms with Gasteiger partial charge in [0.1, 0.15) is 0 Å². The molecule has 1 aliphatic heterocycles. The molecule has 0 aliphatic carbocycles. The molecule has 24 heavy (non-hydrogen) atoms. The number of rotatable bonds is 6. The lowest BCUT2D eigenvalue weighted by Crippen LogP contribution is -2.46. The molecule has 0 saturated carbocycles. The Kier molecular flexibility index (Phi) is 5.96. The first-order chi connectivity index (χ1) is 11.7. The van der Waals surface area contributed by atoms with Crippen LogP contribution >= 0.6 is 0 Å². The third kappa shape index (κ3) is 4.63. The molecule has 1 aromatic heterocycles. The van der Waals surface area contributed by atoms with Gasteiger partial charge in [-0.2, -0.15) is 0 Å². The number of nitrogens with zero attached hydrogens (tertiary/aromatic N) is 3. The smallest absolute Gasteiger partial charge is 0.0594 e. The number of aromatic nitrogens is 1. The van der Waals surface area contributed by atoms with E-state index in [4.69, 9.17) is 4.74 Å². The quantitative estimate of drug-likeness (QED) is 0.816. The minimum Gasteiger partial charge on any atom is -0.379 e. The number of likely N-dealkylation sites (N-methyl/N-ethyl adjacent to an activating group) is 1. The molecule has 0 spiro atoms. The topological polar surface area (TPSA) is 28.6 Å². The second kappa shape index (κ2) is 8.38. The first-order valence-electron chi connectivity index (χ1n) is 8.72. The number of morpholine rings is 1. The van der Waals surface area contributed by atoms with E-state index in [0.29, 0.717) is 6.04 Å². The molecular formula is C20H27N3O. The van der Waals surface area contributed by atoms with Crippen LogP contribution in [0.25, 0.3) is 11.1 Å². The lowest BCUT2D eigenvalue weighted by atomic mass is 10.1. The van der Waals surface area contributed by atoms with Gasteiger partial charge in [-0.3, -0.25) is 9.88 Å². The van der Waals surface area contributed by atoms with Crippen LogP contribution in [0.2, 0.25) is 0 Å². The number of ether oxygens (including phenoxy) is 1. The van der Waals surface area contributed by atoms with Crippen molar-refractivity contribution in [3.05, 3.63) is 54.4 Å². The Morgan fingerprint density at radius 3 is 2.54 bits per heavy atom. The van der Waals surface area contributed by atoms with Gasteiger partial charge in [0.05, 0.1) is 13.2 Å². The van der Waals surface area contributed by atoms with Gasteiger partial charge in [0.25, 0.3) is 0 Å². The first-order valence-corrected chi connectivity index (χ1v) is 8.72. The first kappa shape index (κ1) is 17.1. The summed E-state index contributed by atoms with van der Waals surface area (Å²) < 4.78 is 5.44. The summed E-state index contributed by atoms with van der Waals surface area (Å²) >= 11 is 0. The van der Waals surface area contributed by atoms with E-state index >= 15 is 0 Å². The fraction of sp³-hybridized carbons (Fsp3) is 0.450. The Morgan fingerprint density at radius 2 is 1.88 bits per heavy atom. The minimum absolute atomic E-state index is 0.563. The van der Waals surface area contributed by atoms with E-state index in [2.05, 4.69) is 59.1 Å². The summed E-state index contributed by atoms with van der Waals surface area (Å²) in [5.74, 6) is 0. The zero-order chi connectivity index (χ0) is 16.8. The van der Waals surface area contributed by atoms with Gasteiger partial charge in [-0.25, -0.2) is 0 Å². The van der Waals surface area contributed by atoms with Crippen molar-refractivity contribution >= 4 is 0 Å². The van der Waals surface area contributed by atoms with Gasteiger partial charge in [-0.1, -0.05) is 30.3 Å². The van der Waals surface area contributed by atoms with Gasteiger partial charge in [-0.15, -0.1) is 0 Å². The second-order valence-electron chi connectivity index (χ2n) is 6.63. The predicted octanol–water partition coefficient (Wildman–Crippen LogP) is 2.90. The molecule has 1 aromatic carbocycles. The molecule has 4 nitrogen and oxygen atoms in total. The van der Waals surface area contributed by atoms with Crippen molar-refractivity contribution in [2.45, 2.75) is 19.5 Å². The van der Waals surface area contributed by atoms with E-state index in [-0.39, 0.29) is 0 Å². The molecule has 1 unspecified atom stereocenters. The maximum atomic E-state index is 5.44. The summed E-state index contributed by atoms with van der Waals surface area (Å²) in [6, 6.07) is 13.4. The van der Waals surface area contributed by atoms with E-state index < -0.39 is 0 Å². The maximum Gasteiger partial charge on any atom is 0.0594 e. The van der Waals surface area contributed by atoms with E-state index in [1.165, 1.54) is 16.7 Å². The lowest BCUT2D eigenvalue weighted by molar-refractivity contribution is 0.0137. The van der Waals surface area contributed by atoms with Crippen LogP contribution in [0.4, 0.5) is 0 Å². The summed E-state index contributed by atoms with van der Waals surface area (Å²) in [6.45, 7) is 8.19. The van der Waals surface area contributed by atoms with Crippen LogP contribution in [0.3, 0.4) is 0 Å². The Balaban J connectivity index is 1.53. The van der Waals surface area contributed by atoms with Crippen LogP contribution in [0.15, 0.2) is 48.8 Å². The van der Waals surface area contributed by atoms with Gasteiger partial charge < -0.3 is 9.64 Å². The maximum absolute atomic E-state index is 5.44. The standard InChI is InChI=1S/C20H27N3O/c1-17(23-10-12-24-13-11-23)15-22(2)16-18-5-7-19(8-6-18)20-4-3-9-21-14-20/h3-9,14,17H,10-13,15-16H2,1-2H3. The Bertz CT molecular complexity index is 609. The van der Waals surface area contributed by atoms with Gasteiger partial charge in [0, 0.05) is 44.6 Å². The minimum atomic E-state index is 0.563. The summed E-state index contributed by atoms with van der Waals surface area (Å²) in [5.41, 5.74) is 3.73. The normalized spacial score (nSPS) is 17.1. The highest BCUT2D eigenvalue weighted by molar-refractivity contribution is 5.62. The number of hydrogen-bond acceptors (Lipinski definition) is 4. The molecule has 128 valence electrons. The fourth-order valence-electron chi connectivity index (χ4n) is 3.30. The average Bonchev–Trinajstić information content (AvgIpc) is 2.64. The molecule has 0 bridgehead atoms. The largest absolute Gasteiger partial charge is 0.379 e. The molecule has 1 aliphatic rings. The molecule has 0 radical (unpaired) electrons. The summed E-state index contributed by atoms with van der Waals surface area (Å²) in [4.78, 5) is 9.11. The molecule has 1 fully saturated rings. The molecule has 0 N–H and O–H groups in total. The van der Waals surface area contributed by atoms with Gasteiger partial charge in [0.2, 0.25) is 0 Å². The van der Waals surface area contributed by atoms with E-state index in [1.807, 2.05) is 18.5 Å². The average molecular weight is 325 g/mol. The number of pyridine rings is 1. The van der Waals surface area contributed by atoms with Crippen molar-refractivity contribution in [3.8, 4) is 11.1 Å². The van der Waals surface area contributed by atoms with E-state index in [1.54, 1.807) is 0 Å². The predicted molar refractivity (Wildman–Crippen MR) is 97.9 cm³/mol. The monoisotopic (exact) mass is 325 g/mol. The zero-order valence-electron chi connectivity index (χ0n) is 14.7. The highest BCUT2D eigenvalue weighted by Crippen LogP contribution is 2.19. The summed E-state index contributed by atoms with van der Waals surface area (Å²) in [6.07, 6.45) is 3.72. The van der Waals surface area contributed by atoms with Gasteiger partial charge in [0.15, 0.2) is 0 Å². The van der Waals surface area contributed by atoms with E-state index in [9.17, 15) is 0 Å².